The molecule has 16 rings (SSSR count). The van der Waals surface area contributed by atoms with E-state index in [0.29, 0.717) is 5.82 Å². The topological polar surface area (TPSA) is 412 Å². The van der Waals surface area contributed by atoms with E-state index >= 15 is 0 Å². The van der Waals surface area contributed by atoms with E-state index in [1.165, 1.54) is 31.7 Å². The molecule has 16 aromatic rings. The van der Waals surface area contributed by atoms with Crippen molar-refractivity contribution in [3.05, 3.63) is 203 Å². The summed E-state index contributed by atoms with van der Waals surface area (Å²) in [6, 6.07) is 27.5. The van der Waals surface area contributed by atoms with Gasteiger partial charge in [0, 0.05) is 126 Å². The minimum Gasteiger partial charge on any atom is -0.341 e. The van der Waals surface area contributed by atoms with Gasteiger partial charge in [0.15, 0.2) is 18.0 Å². The first-order chi connectivity index (χ1) is 45.3. The van der Waals surface area contributed by atoms with Gasteiger partial charge in [-0.2, -0.15) is 49.8 Å². The average Bonchev–Trinajstić information content (AvgIpc) is 1.76. The second kappa shape index (κ2) is 42.7. The third-order valence-electron chi connectivity index (χ3n) is 10.4. The van der Waals surface area contributed by atoms with E-state index in [9.17, 15) is 0 Å². The highest BCUT2D eigenvalue weighted by Crippen LogP contribution is 2.12. The minimum absolute atomic E-state index is 0.711. The summed E-state index contributed by atoms with van der Waals surface area (Å²) >= 11 is 0. The second-order valence-electron chi connectivity index (χ2n) is 18.4. The molecule has 40 nitrogen and oxygen atoms in total. The number of hydrogen-bond donors (Lipinski definition) is 0. The van der Waals surface area contributed by atoms with E-state index in [-0.39, 0.29) is 0 Å². The highest BCUT2D eigenvalue weighted by Gasteiger charge is 2.00. The summed E-state index contributed by atoms with van der Waals surface area (Å²) in [6.45, 7) is 3.65. The largest absolute Gasteiger partial charge is 0.341 e. The van der Waals surface area contributed by atoms with Crippen LogP contribution in [-0.4, -0.2) is 199 Å². The first-order valence-electron chi connectivity index (χ1n) is 27.7. The number of aromatic nitrogens is 40. The summed E-state index contributed by atoms with van der Waals surface area (Å²) in [6.07, 6.45) is 29.0. The summed E-state index contributed by atoms with van der Waals surface area (Å²) < 4.78 is 15.5. The number of rotatable bonds is 1. The van der Waals surface area contributed by atoms with Crippen LogP contribution in [0.25, 0.3) is 33.5 Å². The number of hydrogen-bond acceptors (Lipinski definition) is 27. The molecule has 0 aliphatic heterocycles. The SMILES string of the molecule is Cc1nnn(C)n1.Cc1nnnn1C.Cn1cccn1.Cn1ccnc1.Cn1ccnc1.Cn1ccnn1.Cn1cnc(-c2ccccc2)n1.Cn1cnnc1.Cn1cnnn1.Cn1nc2ccccc2n1.Cn1nccn1.Cn1ncnn1.Cn1nnc2ccccc21. The van der Waals surface area contributed by atoms with E-state index in [4.69, 9.17) is 0 Å². The molecule has 13 aromatic heterocycles. The molecule has 40 heteroatoms. The van der Waals surface area contributed by atoms with Gasteiger partial charge in [0.25, 0.3) is 0 Å². The fourth-order valence-electron chi connectivity index (χ4n) is 5.89. The highest BCUT2D eigenvalue weighted by molar-refractivity contribution is 5.74. The van der Waals surface area contributed by atoms with Crippen LogP contribution in [0, 0.1) is 13.8 Å². The Kier molecular flexibility index (Phi) is 33.4. The molecule has 13 heterocycles. The molecule has 0 aliphatic rings. The number of fused-ring (bicyclic) bond motifs is 2. The molecule has 0 unspecified atom stereocenters. The second-order valence-corrected chi connectivity index (χ2v) is 18.4. The third-order valence-corrected chi connectivity index (χ3v) is 10.4. The van der Waals surface area contributed by atoms with Gasteiger partial charge in [-0.25, -0.2) is 29.0 Å². The van der Waals surface area contributed by atoms with Crippen LogP contribution >= 0.6 is 0 Å². The Balaban J connectivity index is 0.000000219. The molecule has 3 aromatic carbocycles. The summed E-state index contributed by atoms with van der Waals surface area (Å²) in [7, 11) is 23.8. The van der Waals surface area contributed by atoms with E-state index in [1.807, 2.05) is 176 Å². The number of benzene rings is 3. The Bertz CT molecular complexity index is 3790. The number of nitrogens with zero attached hydrogens (tertiary/aromatic N) is 40. The Hall–Kier alpha value is -13.1. The van der Waals surface area contributed by atoms with Gasteiger partial charge in [0.05, 0.1) is 50.9 Å². The minimum atomic E-state index is 0.711. The standard InChI is InChI=1S/C9H9N3.2C7H7N3.3C4H6N2.2C3H6N4.3C3H5N3.2C2H4N4/c1-12-7-10-9(11-12)8-5-3-2-4-6-8;1-10-7-5-3-2-4-6(7)8-9-10;1-10-8-6-4-2-3-5-7(6)9-10;2*1-6-3-2-5-4-6;1-6-4-2-3-5-6;1-3-4-5-6-7(3)2;1-3-4-6-7(2)5-3;1-6-2-4-5-3-6;1-6-3-2-4-5-6;1-6-4-2-3-5-6;1-6-2-3-4-5-6;1-6-4-2-3-5-6/h2-7H,1H3;2*2-5H,1H3;3*2-4H,1H3;2*1-2H3;3*2-3H,1H3;2*2H,1H3. The van der Waals surface area contributed by atoms with Crippen molar-refractivity contribution >= 4 is 22.1 Å². The van der Waals surface area contributed by atoms with E-state index in [2.05, 4.69) is 138 Å². The molecule has 0 amide bonds. The Morgan fingerprint density at radius 2 is 0.968 bits per heavy atom. The van der Waals surface area contributed by atoms with Crippen molar-refractivity contribution < 1.29 is 0 Å². The summed E-state index contributed by atoms with van der Waals surface area (Å²) in [5, 5.41) is 87.9. The van der Waals surface area contributed by atoms with Gasteiger partial charge in [-0.15, -0.1) is 51.0 Å². The third kappa shape index (κ3) is 32.2. The normalized spacial score (nSPS) is 9.44. The molecule has 0 radical (unpaired) electrons. The van der Waals surface area contributed by atoms with Gasteiger partial charge in [-0.05, 0) is 75.5 Å². The zero-order chi connectivity index (χ0) is 68.1. The maximum Gasteiger partial charge on any atom is 0.181 e. The van der Waals surface area contributed by atoms with Crippen molar-refractivity contribution in [3.63, 3.8) is 0 Å². The summed E-state index contributed by atoms with van der Waals surface area (Å²) in [5.41, 5.74) is 4.97. The molecule has 0 atom stereocenters. The zero-order valence-electron chi connectivity index (χ0n) is 54.8. The first-order valence-corrected chi connectivity index (χ1v) is 27.7. The molecule has 0 spiro atoms. The molecule has 0 fully saturated rings. The van der Waals surface area contributed by atoms with Crippen molar-refractivity contribution in [3.8, 4) is 11.4 Å². The molecule has 492 valence electrons. The van der Waals surface area contributed by atoms with E-state index in [0.717, 1.165) is 39.3 Å². The van der Waals surface area contributed by atoms with Crippen molar-refractivity contribution in [2.24, 2.45) is 91.6 Å². The maximum atomic E-state index is 4.19. The van der Waals surface area contributed by atoms with Gasteiger partial charge in [0.2, 0.25) is 0 Å². The Morgan fingerprint density at radius 3 is 1.27 bits per heavy atom. The molecule has 0 aliphatic carbocycles. The van der Waals surface area contributed by atoms with Crippen LogP contribution in [0.1, 0.15) is 11.6 Å². The predicted octanol–water partition coefficient (Wildman–Crippen LogP) is 1.58. The lowest BCUT2D eigenvalue weighted by atomic mass is 10.2. The predicted molar refractivity (Wildman–Crippen MR) is 341 cm³/mol. The maximum absolute atomic E-state index is 4.19. The smallest absolute Gasteiger partial charge is 0.181 e. The van der Waals surface area contributed by atoms with Crippen LogP contribution in [0.5, 0.6) is 0 Å². The van der Waals surface area contributed by atoms with Gasteiger partial charge in [-0.1, -0.05) is 65.0 Å². The number of aryl methyl sites for hydroxylation is 15. The molecular weight excluding hydrogens is 1210 g/mol. The molecule has 94 heavy (non-hydrogen) atoms. The van der Waals surface area contributed by atoms with Crippen LogP contribution in [0.4, 0.5) is 0 Å². The lowest BCUT2D eigenvalue weighted by molar-refractivity contribution is 0.629. The highest BCUT2D eigenvalue weighted by atomic mass is 15.6. The Labute approximate surface area is 539 Å². The van der Waals surface area contributed by atoms with Gasteiger partial charge in [-0.3, -0.25) is 14.0 Å². The van der Waals surface area contributed by atoms with Crippen molar-refractivity contribution in [1.82, 2.24) is 199 Å². The molecule has 0 saturated carbocycles. The number of tetrazole rings is 4. The number of imidazole rings is 2. The Morgan fingerprint density at radius 1 is 0.330 bits per heavy atom. The lowest BCUT2D eigenvalue weighted by Crippen LogP contribution is -1.92. The fraction of sp³-hybridized carbons (Fsp3) is 0.278. The van der Waals surface area contributed by atoms with Crippen LogP contribution < -0.4 is 0 Å². The van der Waals surface area contributed by atoms with Crippen LogP contribution in [-0.2, 0) is 91.6 Å². The zero-order valence-corrected chi connectivity index (χ0v) is 54.8. The van der Waals surface area contributed by atoms with Gasteiger partial charge < -0.3 is 13.7 Å². The van der Waals surface area contributed by atoms with Crippen LogP contribution in [0.15, 0.2) is 191 Å². The van der Waals surface area contributed by atoms with Crippen molar-refractivity contribution in [2.45, 2.75) is 13.8 Å². The molecular formula is C54H76N40. The fourth-order valence-corrected chi connectivity index (χ4v) is 5.89. The number of para-hydroxylation sites is 1. The molecule has 0 saturated heterocycles. The summed E-state index contributed by atoms with van der Waals surface area (Å²) in [5.74, 6) is 2.32. The van der Waals surface area contributed by atoms with Crippen molar-refractivity contribution in [2.75, 3.05) is 0 Å². The van der Waals surface area contributed by atoms with Crippen LogP contribution in [0.3, 0.4) is 0 Å². The van der Waals surface area contributed by atoms with Gasteiger partial charge in [0.1, 0.15) is 47.7 Å². The molecule has 0 N–H and O–H groups in total. The van der Waals surface area contributed by atoms with Gasteiger partial charge >= 0.3 is 0 Å². The van der Waals surface area contributed by atoms with Crippen LogP contribution in [0.2, 0.25) is 0 Å². The monoisotopic (exact) mass is 1280 g/mol. The van der Waals surface area contributed by atoms with E-state index in [1.54, 1.807) is 150 Å². The lowest BCUT2D eigenvalue weighted by Gasteiger charge is -1.91. The quantitative estimate of drug-likeness (QED) is 0.225. The first kappa shape index (κ1) is 73.4. The summed E-state index contributed by atoms with van der Waals surface area (Å²) in [4.78, 5) is 17.6. The van der Waals surface area contributed by atoms with Crippen molar-refractivity contribution in [1.29, 1.82) is 0 Å². The average molecular weight is 1290 g/mol. The molecule has 0 bridgehead atoms. The van der Waals surface area contributed by atoms with E-state index < -0.39 is 0 Å².